The number of nitrogens with zero attached hydrogens (tertiary/aromatic N) is 3. The molecule has 0 amide bonds. The Balaban J connectivity index is 1.56. The molecule has 0 N–H and O–H groups in total. The molecule has 8 heteroatoms. The van der Waals surface area contributed by atoms with E-state index in [-0.39, 0.29) is 6.04 Å². The van der Waals surface area contributed by atoms with Crippen LogP contribution in [0.4, 0.5) is 19.0 Å². The van der Waals surface area contributed by atoms with E-state index in [1.807, 2.05) is 41.4 Å². The minimum atomic E-state index is -4.38. The van der Waals surface area contributed by atoms with E-state index in [9.17, 15) is 13.2 Å². The molecule has 4 nitrogen and oxygen atoms in total. The van der Waals surface area contributed by atoms with E-state index in [1.165, 1.54) is 6.07 Å². The number of aromatic nitrogens is 2. The van der Waals surface area contributed by atoms with Crippen molar-refractivity contribution in [3.63, 3.8) is 0 Å². The molecule has 0 aliphatic carbocycles. The lowest BCUT2D eigenvalue weighted by molar-refractivity contribution is -0.137. The van der Waals surface area contributed by atoms with Crippen molar-refractivity contribution in [1.29, 1.82) is 0 Å². The second-order valence-electron chi connectivity index (χ2n) is 7.29. The fourth-order valence-corrected chi connectivity index (χ4v) is 4.17. The van der Waals surface area contributed by atoms with Gasteiger partial charge in [-0.3, -0.25) is 0 Å². The van der Waals surface area contributed by atoms with Crippen LogP contribution in [0.2, 0.25) is 5.02 Å². The molecule has 1 unspecified atom stereocenters. The molecule has 1 atom stereocenters. The number of hydrogen-bond donors (Lipinski definition) is 0. The van der Waals surface area contributed by atoms with Gasteiger partial charge in [0.1, 0.15) is 11.6 Å². The highest BCUT2D eigenvalue weighted by Crippen LogP contribution is 2.35. The highest BCUT2D eigenvalue weighted by atomic mass is 35.5. The molecule has 3 aromatic rings. The summed E-state index contributed by atoms with van der Waals surface area (Å²) < 4.78 is 45.9. The first-order valence-corrected chi connectivity index (χ1v) is 10.0. The van der Waals surface area contributed by atoms with Gasteiger partial charge in [-0.15, -0.1) is 0 Å². The van der Waals surface area contributed by atoms with E-state index in [2.05, 4.69) is 9.55 Å². The molecule has 1 aliphatic heterocycles. The number of benzene rings is 1. The van der Waals surface area contributed by atoms with E-state index >= 15 is 0 Å². The van der Waals surface area contributed by atoms with Crippen molar-refractivity contribution in [2.75, 3.05) is 25.1 Å². The molecule has 1 fully saturated rings. The summed E-state index contributed by atoms with van der Waals surface area (Å²) in [4.78, 5) is 6.10. The van der Waals surface area contributed by atoms with Gasteiger partial charge in [0.15, 0.2) is 0 Å². The molecular weight excluding hydrogens is 415 g/mol. The standard InChI is InChI=1S/C22H21ClF3N3O/c1-30-20-8-6-15(12-18(20)23)19-5-3-11-29(19)17-4-2-10-28(14-17)21-9-7-16(13-27-21)22(24,25)26/h3,5-9,11-13,17H,2,4,10,14H2,1H3. The molecule has 1 aromatic carbocycles. The van der Waals surface area contributed by atoms with Crippen molar-refractivity contribution >= 4 is 17.4 Å². The van der Waals surface area contributed by atoms with E-state index in [0.29, 0.717) is 23.1 Å². The lowest BCUT2D eigenvalue weighted by Crippen LogP contribution is -2.37. The Labute approximate surface area is 177 Å². The first-order chi connectivity index (χ1) is 14.4. The topological polar surface area (TPSA) is 30.3 Å². The van der Waals surface area contributed by atoms with Gasteiger partial charge in [-0.25, -0.2) is 4.98 Å². The normalized spacial score (nSPS) is 17.2. The van der Waals surface area contributed by atoms with Crippen LogP contribution >= 0.6 is 11.6 Å². The first kappa shape index (κ1) is 20.6. The summed E-state index contributed by atoms with van der Waals surface area (Å²) in [7, 11) is 1.58. The van der Waals surface area contributed by atoms with Crippen LogP contribution in [0.25, 0.3) is 11.3 Å². The number of hydrogen-bond acceptors (Lipinski definition) is 3. The Hall–Kier alpha value is -2.67. The number of ether oxygens (including phenoxy) is 1. The molecule has 1 saturated heterocycles. The van der Waals surface area contributed by atoms with Crippen LogP contribution in [0.15, 0.2) is 54.9 Å². The summed E-state index contributed by atoms with van der Waals surface area (Å²) >= 11 is 6.30. The predicted molar refractivity (Wildman–Crippen MR) is 111 cm³/mol. The Morgan fingerprint density at radius 1 is 1.17 bits per heavy atom. The summed E-state index contributed by atoms with van der Waals surface area (Å²) in [6, 6.07) is 12.4. The fourth-order valence-electron chi connectivity index (χ4n) is 3.91. The van der Waals surface area contributed by atoms with Crippen LogP contribution in [-0.4, -0.2) is 29.8 Å². The van der Waals surface area contributed by atoms with Crippen LogP contribution in [0.1, 0.15) is 24.4 Å². The van der Waals surface area contributed by atoms with Gasteiger partial charge in [-0.05, 0) is 60.9 Å². The van der Waals surface area contributed by atoms with Gasteiger partial charge in [-0.2, -0.15) is 13.2 Å². The molecular formula is C22H21ClF3N3O. The second kappa shape index (κ2) is 8.22. The quantitative estimate of drug-likeness (QED) is 0.498. The first-order valence-electron chi connectivity index (χ1n) is 9.66. The zero-order valence-electron chi connectivity index (χ0n) is 16.4. The largest absolute Gasteiger partial charge is 0.495 e. The van der Waals surface area contributed by atoms with Gasteiger partial charge in [0.05, 0.1) is 23.7 Å². The Bertz CT molecular complexity index is 1020. The predicted octanol–water partition coefficient (Wildman–Crippen LogP) is 6.07. The molecule has 3 heterocycles. The van der Waals surface area contributed by atoms with E-state index in [4.69, 9.17) is 16.3 Å². The third-order valence-electron chi connectivity index (χ3n) is 5.42. The van der Waals surface area contributed by atoms with Gasteiger partial charge in [0.25, 0.3) is 0 Å². The summed E-state index contributed by atoms with van der Waals surface area (Å²) in [5.74, 6) is 1.18. The molecule has 0 spiro atoms. The number of halogens is 4. The van der Waals surface area contributed by atoms with Crippen LogP contribution in [0, 0.1) is 0 Å². The SMILES string of the molecule is COc1ccc(-c2cccn2C2CCCN(c3ccc(C(F)(F)F)cn3)C2)cc1Cl. The highest BCUT2D eigenvalue weighted by Gasteiger charge is 2.31. The van der Waals surface area contributed by atoms with Crippen LogP contribution in [0.5, 0.6) is 5.75 Å². The van der Waals surface area contributed by atoms with Crippen LogP contribution in [-0.2, 0) is 6.18 Å². The number of methoxy groups -OCH3 is 1. The van der Waals surface area contributed by atoms with E-state index in [1.54, 1.807) is 7.11 Å². The monoisotopic (exact) mass is 435 g/mol. The third kappa shape index (κ3) is 4.12. The van der Waals surface area contributed by atoms with Crippen molar-refractivity contribution < 1.29 is 17.9 Å². The summed E-state index contributed by atoms with van der Waals surface area (Å²) in [5, 5.41) is 0.543. The smallest absolute Gasteiger partial charge is 0.417 e. The number of rotatable bonds is 4. The maximum absolute atomic E-state index is 12.8. The van der Waals surface area contributed by atoms with Crippen molar-refractivity contribution in [3.8, 4) is 17.0 Å². The number of alkyl halides is 3. The lowest BCUT2D eigenvalue weighted by Gasteiger charge is -2.35. The lowest BCUT2D eigenvalue weighted by atomic mass is 10.0. The van der Waals surface area contributed by atoms with Gasteiger partial charge in [0.2, 0.25) is 0 Å². The molecule has 2 aromatic heterocycles. The molecule has 1 aliphatic rings. The summed E-state index contributed by atoms with van der Waals surface area (Å²) in [5.41, 5.74) is 1.28. The molecule has 0 saturated carbocycles. The Morgan fingerprint density at radius 2 is 2.00 bits per heavy atom. The maximum atomic E-state index is 12.8. The average molecular weight is 436 g/mol. The number of anilines is 1. The van der Waals surface area contributed by atoms with Gasteiger partial charge >= 0.3 is 6.18 Å². The van der Waals surface area contributed by atoms with Gasteiger partial charge in [0, 0.05) is 31.2 Å². The Kier molecular flexibility index (Phi) is 5.64. The minimum Gasteiger partial charge on any atom is -0.495 e. The minimum absolute atomic E-state index is 0.175. The van der Waals surface area contributed by atoms with Crippen molar-refractivity contribution in [2.24, 2.45) is 0 Å². The van der Waals surface area contributed by atoms with Crippen molar-refractivity contribution in [3.05, 3.63) is 65.4 Å². The summed E-state index contributed by atoms with van der Waals surface area (Å²) in [6.45, 7) is 1.43. The summed E-state index contributed by atoms with van der Waals surface area (Å²) in [6.07, 6.45) is 0.452. The van der Waals surface area contributed by atoms with Gasteiger partial charge < -0.3 is 14.2 Å². The third-order valence-corrected chi connectivity index (χ3v) is 5.71. The van der Waals surface area contributed by atoms with Crippen molar-refractivity contribution in [1.82, 2.24) is 9.55 Å². The highest BCUT2D eigenvalue weighted by molar-refractivity contribution is 6.32. The fraction of sp³-hybridized carbons (Fsp3) is 0.318. The van der Waals surface area contributed by atoms with Gasteiger partial charge in [-0.1, -0.05) is 11.6 Å². The molecule has 4 rings (SSSR count). The van der Waals surface area contributed by atoms with E-state index < -0.39 is 11.7 Å². The molecule has 0 radical (unpaired) electrons. The molecule has 0 bridgehead atoms. The average Bonchev–Trinajstić information content (AvgIpc) is 3.23. The second-order valence-corrected chi connectivity index (χ2v) is 7.70. The molecule has 158 valence electrons. The van der Waals surface area contributed by atoms with Crippen LogP contribution < -0.4 is 9.64 Å². The Morgan fingerprint density at radius 3 is 2.67 bits per heavy atom. The number of pyridine rings is 1. The van der Waals surface area contributed by atoms with E-state index in [0.717, 1.165) is 42.9 Å². The maximum Gasteiger partial charge on any atom is 0.417 e. The zero-order chi connectivity index (χ0) is 21.3. The molecule has 30 heavy (non-hydrogen) atoms. The van der Waals surface area contributed by atoms with Crippen LogP contribution in [0.3, 0.4) is 0 Å². The number of piperidine rings is 1. The zero-order valence-corrected chi connectivity index (χ0v) is 17.1. The van der Waals surface area contributed by atoms with Crippen molar-refractivity contribution in [2.45, 2.75) is 25.1 Å².